The molecule has 0 radical (unpaired) electrons. The molecule has 1 aliphatic heterocycles. The average molecular weight is 526 g/mol. The second-order valence-electron chi connectivity index (χ2n) is 9.72. The highest BCUT2D eigenvalue weighted by atomic mass is 19.4. The molecule has 2 heterocycles. The number of anilines is 1. The Balaban J connectivity index is 1.62. The van der Waals surface area contributed by atoms with Crippen LogP contribution in [-0.2, 0) is 12.7 Å². The van der Waals surface area contributed by atoms with Crippen molar-refractivity contribution in [2.45, 2.75) is 39.0 Å². The van der Waals surface area contributed by atoms with Gasteiger partial charge < -0.3 is 14.7 Å². The van der Waals surface area contributed by atoms with E-state index in [0.29, 0.717) is 29.7 Å². The van der Waals surface area contributed by atoms with Crippen LogP contribution in [0.15, 0.2) is 65.5 Å². The van der Waals surface area contributed by atoms with Crippen LogP contribution in [-0.4, -0.2) is 40.5 Å². The third-order valence-corrected chi connectivity index (χ3v) is 7.23. The lowest BCUT2D eigenvalue weighted by atomic mass is 10.1. The number of nitrogens with zero attached hydrogens (tertiary/aromatic N) is 3. The standard InChI is InChI=1S/C29H30F3N3O3/c1-19-7-5-8-20(2)26(19)33-14-13-22(18-33)35-24-11-6-12-25(38-16-15-36)27(24)34(28(35)37)17-21-9-3-4-10-23(21)29(30,31)32/h3-12,22,36H,13-18H2,1-2H3/t22-/m1/s1. The number of fused-ring (bicyclic) bond motifs is 1. The van der Waals surface area contributed by atoms with E-state index in [0.717, 1.165) is 29.4 Å². The number of aromatic nitrogens is 2. The number of aryl methyl sites for hydroxylation is 2. The lowest BCUT2D eigenvalue weighted by Gasteiger charge is -2.23. The summed E-state index contributed by atoms with van der Waals surface area (Å²) in [7, 11) is 0. The Labute approximate surface area is 218 Å². The summed E-state index contributed by atoms with van der Waals surface area (Å²) in [5.74, 6) is 0.349. The van der Waals surface area contributed by atoms with Crippen LogP contribution in [0.25, 0.3) is 11.0 Å². The van der Waals surface area contributed by atoms with Gasteiger partial charge in [-0.15, -0.1) is 0 Å². The third kappa shape index (κ3) is 4.67. The van der Waals surface area contributed by atoms with Gasteiger partial charge in [-0.05, 0) is 55.2 Å². The van der Waals surface area contributed by atoms with Crippen molar-refractivity contribution in [3.63, 3.8) is 0 Å². The Morgan fingerprint density at radius 1 is 1.00 bits per heavy atom. The molecule has 1 fully saturated rings. The maximum atomic E-state index is 14.0. The molecule has 1 N–H and O–H groups in total. The number of aliphatic hydroxyl groups excluding tert-OH is 1. The van der Waals surface area contributed by atoms with Crippen molar-refractivity contribution in [3.8, 4) is 5.75 Å². The topological polar surface area (TPSA) is 59.6 Å². The predicted molar refractivity (Wildman–Crippen MR) is 141 cm³/mol. The van der Waals surface area contributed by atoms with Crippen molar-refractivity contribution in [2.75, 3.05) is 31.2 Å². The van der Waals surface area contributed by atoms with Crippen molar-refractivity contribution < 1.29 is 23.0 Å². The van der Waals surface area contributed by atoms with E-state index >= 15 is 0 Å². The number of rotatable bonds is 7. The van der Waals surface area contributed by atoms with Crippen molar-refractivity contribution in [3.05, 3.63) is 93.4 Å². The number of halogens is 3. The van der Waals surface area contributed by atoms with Crippen LogP contribution in [0.2, 0.25) is 0 Å². The summed E-state index contributed by atoms with van der Waals surface area (Å²) in [5.41, 5.74) is 3.33. The number of ether oxygens (including phenoxy) is 1. The van der Waals surface area contributed by atoms with Crippen molar-refractivity contribution in [2.24, 2.45) is 0 Å². The number of hydrogen-bond donors (Lipinski definition) is 1. The van der Waals surface area contributed by atoms with Gasteiger partial charge in [0.15, 0.2) is 0 Å². The maximum Gasteiger partial charge on any atom is 0.416 e. The van der Waals surface area contributed by atoms with Crippen LogP contribution in [0.1, 0.15) is 34.7 Å². The van der Waals surface area contributed by atoms with Crippen LogP contribution in [0, 0.1) is 13.8 Å². The summed E-state index contributed by atoms with van der Waals surface area (Å²) in [5, 5.41) is 9.32. The van der Waals surface area contributed by atoms with Crippen LogP contribution in [0.5, 0.6) is 5.75 Å². The summed E-state index contributed by atoms with van der Waals surface area (Å²) in [6, 6.07) is 16.5. The molecule has 4 aromatic rings. The molecule has 1 atom stereocenters. The highest BCUT2D eigenvalue weighted by Gasteiger charge is 2.34. The van der Waals surface area contributed by atoms with Crippen molar-refractivity contribution in [1.82, 2.24) is 9.13 Å². The first-order valence-corrected chi connectivity index (χ1v) is 12.6. The van der Waals surface area contributed by atoms with E-state index in [2.05, 4.69) is 30.9 Å². The molecule has 1 aromatic heterocycles. The summed E-state index contributed by atoms with van der Waals surface area (Å²) in [6.07, 6.45) is -3.83. The van der Waals surface area contributed by atoms with E-state index in [9.17, 15) is 23.1 Å². The first-order valence-electron chi connectivity index (χ1n) is 12.6. The second kappa shape index (κ2) is 10.2. The van der Waals surface area contributed by atoms with Crippen LogP contribution < -0.4 is 15.3 Å². The monoisotopic (exact) mass is 525 g/mol. The van der Waals surface area contributed by atoms with E-state index < -0.39 is 11.7 Å². The number of aliphatic hydroxyl groups is 1. The number of para-hydroxylation sites is 2. The Morgan fingerprint density at radius 2 is 1.71 bits per heavy atom. The molecule has 1 aliphatic rings. The fourth-order valence-electron chi connectivity index (χ4n) is 5.64. The molecule has 38 heavy (non-hydrogen) atoms. The third-order valence-electron chi connectivity index (χ3n) is 7.23. The van der Waals surface area contributed by atoms with E-state index in [1.807, 2.05) is 6.07 Å². The van der Waals surface area contributed by atoms with E-state index in [1.165, 1.54) is 22.8 Å². The maximum absolute atomic E-state index is 14.0. The van der Waals surface area contributed by atoms with E-state index in [1.54, 1.807) is 22.8 Å². The molecule has 0 spiro atoms. The van der Waals surface area contributed by atoms with Gasteiger partial charge in [0.05, 0.1) is 30.3 Å². The minimum atomic E-state index is -4.55. The molecule has 1 saturated heterocycles. The molecule has 200 valence electrons. The average Bonchev–Trinajstić information content (AvgIpc) is 3.45. The van der Waals surface area contributed by atoms with Gasteiger partial charge in [0.1, 0.15) is 17.9 Å². The van der Waals surface area contributed by atoms with Gasteiger partial charge in [0, 0.05) is 18.8 Å². The van der Waals surface area contributed by atoms with Crippen LogP contribution in [0.3, 0.4) is 0 Å². The molecule has 0 aliphatic carbocycles. The normalized spacial score (nSPS) is 15.9. The van der Waals surface area contributed by atoms with Crippen LogP contribution in [0.4, 0.5) is 18.9 Å². The Kier molecular flexibility index (Phi) is 6.96. The summed E-state index contributed by atoms with van der Waals surface area (Å²) < 4.78 is 50.2. The number of hydrogen-bond acceptors (Lipinski definition) is 4. The lowest BCUT2D eigenvalue weighted by molar-refractivity contribution is -0.138. The van der Waals surface area contributed by atoms with Gasteiger partial charge in [-0.2, -0.15) is 13.2 Å². The zero-order chi connectivity index (χ0) is 27.0. The zero-order valence-corrected chi connectivity index (χ0v) is 21.3. The molecule has 0 bridgehead atoms. The SMILES string of the molecule is Cc1cccc(C)c1N1CC[C@@H](n2c(=O)n(Cc3ccccc3C(F)(F)F)c3c(OCCO)cccc32)C1. The largest absolute Gasteiger partial charge is 0.489 e. The smallest absolute Gasteiger partial charge is 0.416 e. The van der Waals surface area contributed by atoms with Crippen molar-refractivity contribution >= 4 is 16.7 Å². The number of alkyl halides is 3. The van der Waals surface area contributed by atoms with Gasteiger partial charge in [0.25, 0.3) is 0 Å². The van der Waals surface area contributed by atoms with E-state index in [4.69, 9.17) is 4.74 Å². The highest BCUT2D eigenvalue weighted by molar-refractivity contribution is 5.83. The molecule has 0 unspecified atom stereocenters. The minimum absolute atomic E-state index is 0.00138. The molecule has 0 amide bonds. The molecule has 0 saturated carbocycles. The lowest BCUT2D eigenvalue weighted by Crippen LogP contribution is -2.30. The molecule has 9 heteroatoms. The molecular formula is C29H30F3N3O3. The van der Waals surface area contributed by atoms with Gasteiger partial charge in [-0.1, -0.05) is 42.5 Å². The first kappa shape index (κ1) is 25.9. The Hall–Kier alpha value is -3.72. The summed E-state index contributed by atoms with van der Waals surface area (Å²) >= 11 is 0. The number of benzene rings is 3. The van der Waals surface area contributed by atoms with E-state index in [-0.39, 0.29) is 37.1 Å². The summed E-state index contributed by atoms with van der Waals surface area (Å²) in [4.78, 5) is 16.2. The van der Waals surface area contributed by atoms with Gasteiger partial charge in [-0.25, -0.2) is 4.79 Å². The van der Waals surface area contributed by atoms with Crippen LogP contribution >= 0.6 is 0 Å². The first-order chi connectivity index (χ1) is 18.2. The Morgan fingerprint density at radius 3 is 2.42 bits per heavy atom. The fourth-order valence-corrected chi connectivity index (χ4v) is 5.64. The van der Waals surface area contributed by atoms with Crippen molar-refractivity contribution in [1.29, 1.82) is 0 Å². The molecule has 6 nitrogen and oxygen atoms in total. The van der Waals surface area contributed by atoms with Gasteiger partial charge in [-0.3, -0.25) is 9.13 Å². The number of imidazole rings is 1. The molecule has 5 rings (SSSR count). The highest BCUT2D eigenvalue weighted by Crippen LogP contribution is 2.36. The quantitative estimate of drug-likeness (QED) is 0.355. The zero-order valence-electron chi connectivity index (χ0n) is 21.3. The molecule has 3 aromatic carbocycles. The summed E-state index contributed by atoms with van der Waals surface area (Å²) in [6.45, 7) is 5.00. The predicted octanol–water partition coefficient (Wildman–Crippen LogP) is 5.31. The minimum Gasteiger partial charge on any atom is -0.489 e. The van der Waals surface area contributed by atoms with Gasteiger partial charge >= 0.3 is 11.9 Å². The Bertz CT molecular complexity index is 1500. The molecular weight excluding hydrogens is 495 g/mol. The fraction of sp³-hybridized carbons (Fsp3) is 0.345. The second-order valence-corrected chi connectivity index (χ2v) is 9.72. The van der Waals surface area contributed by atoms with Gasteiger partial charge in [0.2, 0.25) is 0 Å².